The minimum atomic E-state index is -0.0131. The molecule has 0 aliphatic carbocycles. The Hall–Kier alpha value is -1.00. The van der Waals surface area contributed by atoms with Crippen LogP contribution in [0.25, 0.3) is 0 Å². The number of hydrogen-bond acceptors (Lipinski definition) is 2. The van der Waals surface area contributed by atoms with E-state index in [9.17, 15) is 4.79 Å². The maximum atomic E-state index is 11.6. The number of aromatic nitrogens is 1. The highest BCUT2D eigenvalue weighted by molar-refractivity contribution is 5.92. The maximum Gasteiger partial charge on any atom is 0.267 e. The molecular formula is C11H20ClN3O. The summed E-state index contributed by atoms with van der Waals surface area (Å²) in [7, 11) is 1.87. The first kappa shape index (κ1) is 15.0. The molecular weight excluding hydrogens is 226 g/mol. The molecule has 0 aliphatic heterocycles. The van der Waals surface area contributed by atoms with Gasteiger partial charge in [-0.05, 0) is 25.1 Å². The van der Waals surface area contributed by atoms with Crippen LogP contribution in [0, 0.1) is 0 Å². The van der Waals surface area contributed by atoms with Crippen molar-refractivity contribution in [3.05, 3.63) is 24.0 Å². The molecule has 1 aromatic rings. The van der Waals surface area contributed by atoms with Crippen LogP contribution in [-0.2, 0) is 7.05 Å². The van der Waals surface area contributed by atoms with E-state index in [1.54, 1.807) is 0 Å². The maximum absolute atomic E-state index is 11.6. The Morgan fingerprint density at radius 1 is 1.38 bits per heavy atom. The van der Waals surface area contributed by atoms with E-state index in [0.717, 1.165) is 19.5 Å². The lowest BCUT2D eigenvalue weighted by Crippen LogP contribution is -2.32. The molecule has 1 amide bonds. The molecule has 0 saturated heterocycles. The molecule has 0 fully saturated rings. The molecule has 92 valence electrons. The number of rotatable bonds is 6. The number of aryl methyl sites for hydroxylation is 1. The summed E-state index contributed by atoms with van der Waals surface area (Å²) >= 11 is 0. The lowest BCUT2D eigenvalue weighted by Gasteiger charge is -2.06. The summed E-state index contributed by atoms with van der Waals surface area (Å²) in [4.78, 5) is 11.6. The zero-order valence-electron chi connectivity index (χ0n) is 9.82. The van der Waals surface area contributed by atoms with Gasteiger partial charge in [0.1, 0.15) is 5.69 Å². The Balaban J connectivity index is 0.00000225. The van der Waals surface area contributed by atoms with Crippen molar-refractivity contribution in [2.24, 2.45) is 7.05 Å². The molecule has 0 saturated carbocycles. The third-order valence-electron chi connectivity index (χ3n) is 2.19. The summed E-state index contributed by atoms with van der Waals surface area (Å²) in [5.74, 6) is -0.0131. The normalized spacial score (nSPS) is 9.62. The van der Waals surface area contributed by atoms with Crippen LogP contribution in [0.15, 0.2) is 18.3 Å². The smallest absolute Gasteiger partial charge is 0.267 e. The molecule has 1 heterocycles. The van der Waals surface area contributed by atoms with E-state index >= 15 is 0 Å². The van der Waals surface area contributed by atoms with Crippen LogP contribution in [0.1, 0.15) is 23.8 Å². The summed E-state index contributed by atoms with van der Waals surface area (Å²) in [5, 5.41) is 6.09. The summed E-state index contributed by atoms with van der Waals surface area (Å²) < 4.78 is 1.81. The molecule has 1 aromatic heterocycles. The zero-order chi connectivity index (χ0) is 11.1. The number of halogens is 1. The van der Waals surface area contributed by atoms with E-state index in [-0.39, 0.29) is 18.3 Å². The van der Waals surface area contributed by atoms with Crippen molar-refractivity contribution >= 4 is 18.3 Å². The number of amides is 1. The van der Waals surface area contributed by atoms with Gasteiger partial charge in [0, 0.05) is 26.3 Å². The van der Waals surface area contributed by atoms with Gasteiger partial charge in [-0.25, -0.2) is 0 Å². The summed E-state index contributed by atoms with van der Waals surface area (Å²) in [5.41, 5.74) is 0.700. The first-order chi connectivity index (χ1) is 7.25. The number of hydrogen-bond donors (Lipinski definition) is 2. The highest BCUT2D eigenvalue weighted by Crippen LogP contribution is 1.98. The van der Waals surface area contributed by atoms with Crippen LogP contribution in [0.3, 0.4) is 0 Å². The molecule has 0 spiro atoms. The van der Waals surface area contributed by atoms with E-state index in [0.29, 0.717) is 12.2 Å². The molecule has 1 rings (SSSR count). The number of nitrogens with one attached hydrogen (secondary N) is 2. The Kier molecular flexibility index (Phi) is 7.68. The number of carbonyl (C=O) groups excluding carboxylic acids is 1. The van der Waals surface area contributed by atoms with Crippen LogP contribution >= 0.6 is 12.4 Å². The van der Waals surface area contributed by atoms with Gasteiger partial charge in [0.15, 0.2) is 0 Å². The molecule has 0 aliphatic rings. The minimum absolute atomic E-state index is 0. The lowest BCUT2D eigenvalue weighted by molar-refractivity contribution is 0.0946. The van der Waals surface area contributed by atoms with Crippen LogP contribution in [0.2, 0.25) is 0 Å². The average Bonchev–Trinajstić information content (AvgIpc) is 2.64. The third kappa shape index (κ3) is 4.68. The van der Waals surface area contributed by atoms with Gasteiger partial charge in [0.05, 0.1) is 0 Å². The van der Waals surface area contributed by atoms with Gasteiger partial charge in [0.2, 0.25) is 0 Å². The quantitative estimate of drug-likeness (QED) is 0.740. The fourth-order valence-electron chi connectivity index (χ4n) is 1.35. The van der Waals surface area contributed by atoms with Crippen molar-refractivity contribution in [1.82, 2.24) is 15.2 Å². The van der Waals surface area contributed by atoms with Gasteiger partial charge >= 0.3 is 0 Å². The molecule has 4 nitrogen and oxygen atoms in total. The Morgan fingerprint density at radius 3 is 2.69 bits per heavy atom. The van der Waals surface area contributed by atoms with Crippen LogP contribution in [-0.4, -0.2) is 30.1 Å². The van der Waals surface area contributed by atoms with E-state index in [1.165, 1.54) is 0 Å². The SMILES string of the molecule is CCCNCCNC(=O)c1cccn1C.Cl. The van der Waals surface area contributed by atoms with Gasteiger partial charge in [0.25, 0.3) is 5.91 Å². The third-order valence-corrected chi connectivity index (χ3v) is 2.19. The number of carbonyl (C=O) groups is 1. The highest BCUT2D eigenvalue weighted by atomic mass is 35.5. The second-order valence-corrected chi connectivity index (χ2v) is 3.51. The first-order valence-corrected chi connectivity index (χ1v) is 5.36. The molecule has 0 bridgehead atoms. The van der Waals surface area contributed by atoms with Crippen molar-refractivity contribution in [3.8, 4) is 0 Å². The van der Waals surface area contributed by atoms with Crippen molar-refractivity contribution in [2.75, 3.05) is 19.6 Å². The molecule has 16 heavy (non-hydrogen) atoms. The fraction of sp³-hybridized carbons (Fsp3) is 0.545. The van der Waals surface area contributed by atoms with Crippen LogP contribution < -0.4 is 10.6 Å². The largest absolute Gasteiger partial charge is 0.349 e. The van der Waals surface area contributed by atoms with E-state index < -0.39 is 0 Å². The average molecular weight is 246 g/mol. The highest BCUT2D eigenvalue weighted by Gasteiger charge is 2.06. The molecule has 0 unspecified atom stereocenters. The fourth-order valence-corrected chi connectivity index (χ4v) is 1.35. The summed E-state index contributed by atoms with van der Waals surface area (Å²) in [6.07, 6.45) is 2.98. The molecule has 0 aromatic carbocycles. The Morgan fingerprint density at radius 2 is 2.12 bits per heavy atom. The van der Waals surface area contributed by atoms with Gasteiger partial charge in [-0.3, -0.25) is 4.79 Å². The van der Waals surface area contributed by atoms with Gasteiger partial charge in [-0.2, -0.15) is 0 Å². The lowest BCUT2D eigenvalue weighted by atomic mass is 10.4. The van der Waals surface area contributed by atoms with Gasteiger partial charge in [-0.15, -0.1) is 12.4 Å². The van der Waals surface area contributed by atoms with Gasteiger partial charge < -0.3 is 15.2 Å². The van der Waals surface area contributed by atoms with Gasteiger partial charge in [-0.1, -0.05) is 6.92 Å². The zero-order valence-corrected chi connectivity index (χ0v) is 10.6. The Labute approximate surface area is 103 Å². The predicted octanol–water partition coefficient (Wildman–Crippen LogP) is 1.18. The summed E-state index contributed by atoms with van der Waals surface area (Å²) in [6.45, 7) is 4.61. The second-order valence-electron chi connectivity index (χ2n) is 3.51. The summed E-state index contributed by atoms with van der Waals surface area (Å²) in [6, 6.07) is 3.68. The minimum Gasteiger partial charge on any atom is -0.349 e. The van der Waals surface area contributed by atoms with E-state index in [4.69, 9.17) is 0 Å². The first-order valence-electron chi connectivity index (χ1n) is 5.36. The van der Waals surface area contributed by atoms with Crippen LogP contribution in [0.5, 0.6) is 0 Å². The van der Waals surface area contributed by atoms with E-state index in [2.05, 4.69) is 17.6 Å². The van der Waals surface area contributed by atoms with E-state index in [1.807, 2.05) is 29.9 Å². The van der Waals surface area contributed by atoms with Crippen molar-refractivity contribution in [3.63, 3.8) is 0 Å². The molecule has 0 radical (unpaired) electrons. The second kappa shape index (κ2) is 8.19. The number of nitrogens with zero attached hydrogens (tertiary/aromatic N) is 1. The van der Waals surface area contributed by atoms with Crippen molar-refractivity contribution < 1.29 is 4.79 Å². The molecule has 2 N–H and O–H groups in total. The molecule has 0 atom stereocenters. The topological polar surface area (TPSA) is 46.1 Å². The standard InChI is InChI=1S/C11H19N3O.ClH/c1-3-6-12-7-8-13-11(15)10-5-4-9-14(10)2;/h4-5,9,12H,3,6-8H2,1-2H3,(H,13,15);1H. The molecule has 5 heteroatoms. The van der Waals surface area contributed by atoms with Crippen LogP contribution in [0.4, 0.5) is 0 Å². The van der Waals surface area contributed by atoms with Crippen molar-refractivity contribution in [2.45, 2.75) is 13.3 Å². The predicted molar refractivity (Wildman–Crippen MR) is 68.2 cm³/mol. The Bertz CT molecular complexity index is 312. The monoisotopic (exact) mass is 245 g/mol. The van der Waals surface area contributed by atoms with Crippen molar-refractivity contribution in [1.29, 1.82) is 0 Å².